The summed E-state index contributed by atoms with van der Waals surface area (Å²) in [6.45, 7) is 3.23. The zero-order chi connectivity index (χ0) is 12.3. The lowest BCUT2D eigenvalue weighted by Gasteiger charge is -2.25. The molecule has 16 heavy (non-hydrogen) atoms. The predicted octanol–water partition coefficient (Wildman–Crippen LogP) is 1.22. The summed E-state index contributed by atoms with van der Waals surface area (Å²) in [4.78, 5) is 19.7. The molecule has 0 aliphatic rings. The minimum absolute atomic E-state index is 0.0155. The normalized spacial score (nSPS) is 12.2. The third-order valence-electron chi connectivity index (χ3n) is 2.42. The molecule has 1 aromatic heterocycles. The molecule has 0 saturated carbocycles. The molecule has 1 heterocycles. The molecule has 0 radical (unpaired) electrons. The predicted molar refractivity (Wildman–Crippen MR) is 56.8 cm³/mol. The van der Waals surface area contributed by atoms with E-state index in [0.717, 1.165) is 0 Å². The van der Waals surface area contributed by atoms with Crippen LogP contribution in [0.25, 0.3) is 0 Å². The number of rotatable bonds is 4. The van der Waals surface area contributed by atoms with Gasteiger partial charge in [-0.05, 0) is 13.3 Å². The molecule has 0 aromatic carbocycles. The summed E-state index contributed by atoms with van der Waals surface area (Å²) in [5, 5.41) is 8.96. The van der Waals surface area contributed by atoms with Crippen LogP contribution in [0.4, 0.5) is 10.2 Å². The summed E-state index contributed by atoms with van der Waals surface area (Å²) in [5.74, 6) is -1.56. The molecule has 0 spiro atoms. The molecule has 0 aliphatic heterocycles. The standard InChI is InChI=1S/C10H14FN3O2/c1-4-7(10(15)16)14(3)9-8(11)6(2)12-5-13-9/h5,7H,4H2,1-3H3,(H,15,16). The topological polar surface area (TPSA) is 66.3 Å². The Balaban J connectivity index is 3.08. The summed E-state index contributed by atoms with van der Waals surface area (Å²) in [5.41, 5.74) is 0.206. The van der Waals surface area contributed by atoms with Crippen LogP contribution in [0, 0.1) is 12.7 Å². The van der Waals surface area contributed by atoms with Gasteiger partial charge in [0.1, 0.15) is 12.4 Å². The van der Waals surface area contributed by atoms with Crippen LogP contribution >= 0.6 is 0 Å². The van der Waals surface area contributed by atoms with Crippen molar-refractivity contribution < 1.29 is 14.3 Å². The number of aromatic nitrogens is 2. The number of aryl methyl sites for hydroxylation is 1. The van der Waals surface area contributed by atoms with E-state index in [1.54, 1.807) is 6.92 Å². The summed E-state index contributed by atoms with van der Waals surface area (Å²) in [7, 11) is 1.51. The molecule has 1 atom stereocenters. The van der Waals surface area contributed by atoms with Gasteiger partial charge in [-0.15, -0.1) is 0 Å². The Kier molecular flexibility index (Phi) is 3.76. The molecule has 88 valence electrons. The Labute approximate surface area is 92.9 Å². The SMILES string of the molecule is CCC(C(=O)O)N(C)c1ncnc(C)c1F. The number of hydrogen-bond acceptors (Lipinski definition) is 4. The van der Waals surface area contributed by atoms with E-state index in [-0.39, 0.29) is 11.5 Å². The van der Waals surface area contributed by atoms with Crippen molar-refractivity contribution in [2.45, 2.75) is 26.3 Å². The first kappa shape index (κ1) is 12.4. The Morgan fingerprint density at radius 1 is 1.62 bits per heavy atom. The maximum absolute atomic E-state index is 13.7. The summed E-state index contributed by atoms with van der Waals surface area (Å²) in [6, 6.07) is -0.788. The van der Waals surface area contributed by atoms with Crippen molar-refractivity contribution in [1.29, 1.82) is 0 Å². The highest BCUT2D eigenvalue weighted by atomic mass is 19.1. The molecule has 0 saturated heterocycles. The number of halogens is 1. The molecule has 1 aromatic rings. The molecule has 0 amide bonds. The second-order valence-corrected chi connectivity index (χ2v) is 3.47. The lowest BCUT2D eigenvalue weighted by molar-refractivity contribution is -0.138. The van der Waals surface area contributed by atoms with Gasteiger partial charge in [0.2, 0.25) is 0 Å². The zero-order valence-corrected chi connectivity index (χ0v) is 9.44. The number of hydrogen-bond donors (Lipinski definition) is 1. The van der Waals surface area contributed by atoms with Crippen molar-refractivity contribution in [1.82, 2.24) is 9.97 Å². The highest BCUT2D eigenvalue weighted by Gasteiger charge is 2.24. The van der Waals surface area contributed by atoms with E-state index < -0.39 is 17.8 Å². The fourth-order valence-electron chi connectivity index (χ4n) is 1.45. The van der Waals surface area contributed by atoms with Crippen molar-refractivity contribution in [3.63, 3.8) is 0 Å². The van der Waals surface area contributed by atoms with E-state index in [1.165, 1.54) is 25.2 Å². The van der Waals surface area contributed by atoms with Crippen molar-refractivity contribution in [2.24, 2.45) is 0 Å². The second kappa shape index (κ2) is 4.87. The van der Waals surface area contributed by atoms with Gasteiger partial charge < -0.3 is 10.0 Å². The van der Waals surface area contributed by atoms with E-state index in [9.17, 15) is 9.18 Å². The molecule has 6 heteroatoms. The summed E-state index contributed by atoms with van der Waals surface area (Å²) in [6.07, 6.45) is 1.59. The average Bonchev–Trinajstić information content (AvgIpc) is 2.22. The molecule has 0 aliphatic carbocycles. The molecule has 0 bridgehead atoms. The van der Waals surface area contributed by atoms with Crippen molar-refractivity contribution in [3.8, 4) is 0 Å². The highest BCUT2D eigenvalue weighted by molar-refractivity contribution is 5.77. The van der Waals surface area contributed by atoms with Crippen LogP contribution in [0.5, 0.6) is 0 Å². The van der Waals surface area contributed by atoms with Crippen LogP contribution in [0.2, 0.25) is 0 Å². The maximum atomic E-state index is 13.7. The van der Waals surface area contributed by atoms with Gasteiger partial charge in [-0.3, -0.25) is 0 Å². The van der Waals surface area contributed by atoms with Crippen molar-refractivity contribution >= 4 is 11.8 Å². The molecular formula is C10H14FN3O2. The van der Waals surface area contributed by atoms with Gasteiger partial charge in [0.15, 0.2) is 11.6 Å². The monoisotopic (exact) mass is 227 g/mol. The van der Waals surface area contributed by atoms with Gasteiger partial charge in [-0.1, -0.05) is 6.92 Å². The van der Waals surface area contributed by atoms with Crippen molar-refractivity contribution in [2.75, 3.05) is 11.9 Å². The van der Waals surface area contributed by atoms with Gasteiger partial charge in [-0.2, -0.15) is 0 Å². The van der Waals surface area contributed by atoms with Gasteiger partial charge in [0, 0.05) is 7.05 Å². The van der Waals surface area contributed by atoms with E-state index in [0.29, 0.717) is 6.42 Å². The van der Waals surface area contributed by atoms with Gasteiger partial charge in [-0.25, -0.2) is 19.2 Å². The minimum atomic E-state index is -0.999. The zero-order valence-electron chi connectivity index (χ0n) is 9.44. The third kappa shape index (κ3) is 2.26. The van der Waals surface area contributed by atoms with Gasteiger partial charge in [0.05, 0.1) is 5.69 Å². The smallest absolute Gasteiger partial charge is 0.326 e. The maximum Gasteiger partial charge on any atom is 0.326 e. The van der Waals surface area contributed by atoms with E-state index >= 15 is 0 Å². The van der Waals surface area contributed by atoms with Crippen LogP contribution in [0.1, 0.15) is 19.0 Å². The molecule has 1 N–H and O–H groups in total. The molecule has 1 unspecified atom stereocenters. The molecule has 5 nitrogen and oxygen atoms in total. The molecule has 0 fully saturated rings. The molecular weight excluding hydrogens is 213 g/mol. The first-order valence-corrected chi connectivity index (χ1v) is 4.91. The lowest BCUT2D eigenvalue weighted by Crippen LogP contribution is -2.39. The molecule has 1 rings (SSSR count). The number of aliphatic carboxylic acids is 1. The summed E-state index contributed by atoms with van der Waals surface area (Å²) >= 11 is 0. The average molecular weight is 227 g/mol. The third-order valence-corrected chi connectivity index (χ3v) is 2.42. The van der Waals surface area contributed by atoms with Crippen LogP contribution in [-0.4, -0.2) is 34.1 Å². The van der Waals surface area contributed by atoms with E-state index in [4.69, 9.17) is 5.11 Å². The fourth-order valence-corrected chi connectivity index (χ4v) is 1.45. The first-order valence-electron chi connectivity index (χ1n) is 4.91. The largest absolute Gasteiger partial charge is 0.480 e. The van der Waals surface area contributed by atoms with Crippen LogP contribution < -0.4 is 4.90 Å². The second-order valence-electron chi connectivity index (χ2n) is 3.47. The van der Waals surface area contributed by atoms with E-state index in [1.807, 2.05) is 0 Å². The quantitative estimate of drug-likeness (QED) is 0.837. The number of nitrogens with zero attached hydrogens (tertiary/aromatic N) is 3. The van der Waals surface area contributed by atoms with Crippen LogP contribution in [0.15, 0.2) is 6.33 Å². The fraction of sp³-hybridized carbons (Fsp3) is 0.500. The number of likely N-dealkylation sites (N-methyl/N-ethyl adjacent to an activating group) is 1. The van der Waals surface area contributed by atoms with Crippen LogP contribution in [-0.2, 0) is 4.79 Å². The number of carboxylic acids is 1. The number of anilines is 1. The highest BCUT2D eigenvalue weighted by Crippen LogP contribution is 2.19. The van der Waals surface area contributed by atoms with E-state index in [2.05, 4.69) is 9.97 Å². The number of carboxylic acid groups (broad SMARTS) is 1. The Bertz CT molecular complexity index is 398. The minimum Gasteiger partial charge on any atom is -0.480 e. The number of carbonyl (C=O) groups is 1. The Hall–Kier alpha value is -1.72. The summed E-state index contributed by atoms with van der Waals surface area (Å²) < 4.78 is 13.7. The van der Waals surface area contributed by atoms with Gasteiger partial charge >= 0.3 is 5.97 Å². The van der Waals surface area contributed by atoms with Crippen LogP contribution in [0.3, 0.4) is 0 Å². The lowest BCUT2D eigenvalue weighted by atomic mass is 10.2. The van der Waals surface area contributed by atoms with Gasteiger partial charge in [0.25, 0.3) is 0 Å². The Morgan fingerprint density at radius 2 is 2.25 bits per heavy atom. The van der Waals surface area contributed by atoms with Crippen molar-refractivity contribution in [3.05, 3.63) is 17.8 Å². The Morgan fingerprint density at radius 3 is 2.75 bits per heavy atom. The first-order chi connectivity index (χ1) is 7.49.